The molecule has 1 aliphatic rings. The van der Waals surface area contributed by atoms with Crippen LogP contribution in [-0.2, 0) is 0 Å². The van der Waals surface area contributed by atoms with Crippen molar-refractivity contribution in [3.05, 3.63) is 57.7 Å². The van der Waals surface area contributed by atoms with Crippen molar-refractivity contribution in [3.8, 4) is 0 Å². The van der Waals surface area contributed by atoms with Crippen molar-refractivity contribution in [1.82, 2.24) is 20.3 Å². The number of aliphatic hydroxyl groups excluding tert-OH is 2. The van der Waals surface area contributed by atoms with Gasteiger partial charge in [0.2, 0.25) is 0 Å². The number of H-pyrrole nitrogens is 2. The van der Waals surface area contributed by atoms with Gasteiger partial charge in [-0.05, 0) is 24.3 Å². The van der Waals surface area contributed by atoms with E-state index >= 15 is 0 Å². The molecule has 1 aromatic carbocycles. The summed E-state index contributed by atoms with van der Waals surface area (Å²) in [6, 6.07) is 6.65. The van der Waals surface area contributed by atoms with E-state index in [-0.39, 0.29) is 11.6 Å². The number of thioether (sulfide) groups is 1. The van der Waals surface area contributed by atoms with Gasteiger partial charge in [0.25, 0.3) is 5.56 Å². The van der Waals surface area contributed by atoms with Crippen molar-refractivity contribution < 1.29 is 10.2 Å². The molecule has 1 fully saturated rings. The minimum atomic E-state index is -0.995. The molecule has 0 bridgehead atoms. The van der Waals surface area contributed by atoms with E-state index < -0.39 is 18.2 Å². The molecule has 0 saturated carbocycles. The maximum Gasteiger partial charge on any atom is 0.275 e. The van der Waals surface area contributed by atoms with Crippen LogP contribution in [0.2, 0.25) is 5.02 Å². The SMILES string of the molecule is O=c1[nH]cnc2c([C@@H]3N[C@H](CSc4ccc(Cl)cc4)[C@@H](O)[C@H]3O)c[nH]c12. The Morgan fingerprint density at radius 3 is 2.69 bits per heavy atom. The fourth-order valence-corrected chi connectivity index (χ4v) is 4.33. The number of rotatable bonds is 4. The number of aromatic amines is 2. The summed E-state index contributed by atoms with van der Waals surface area (Å²) in [6.07, 6.45) is 1.06. The third kappa shape index (κ3) is 3.15. The van der Waals surface area contributed by atoms with Crippen LogP contribution in [-0.4, -0.2) is 49.2 Å². The van der Waals surface area contributed by atoms with E-state index in [4.69, 9.17) is 11.6 Å². The summed E-state index contributed by atoms with van der Waals surface area (Å²) in [7, 11) is 0. The van der Waals surface area contributed by atoms with Crippen LogP contribution >= 0.6 is 23.4 Å². The highest BCUT2D eigenvalue weighted by Crippen LogP contribution is 2.33. The summed E-state index contributed by atoms with van der Waals surface area (Å²) >= 11 is 7.46. The molecule has 4 atom stereocenters. The monoisotopic (exact) mass is 392 g/mol. The van der Waals surface area contributed by atoms with Crippen LogP contribution in [0, 0.1) is 0 Å². The molecule has 3 heterocycles. The highest BCUT2D eigenvalue weighted by molar-refractivity contribution is 7.99. The number of fused-ring (bicyclic) bond motifs is 1. The van der Waals surface area contributed by atoms with Gasteiger partial charge in [0.05, 0.1) is 18.5 Å². The van der Waals surface area contributed by atoms with Crippen LogP contribution in [0.15, 0.2) is 46.5 Å². The normalized spacial score (nSPS) is 25.8. The van der Waals surface area contributed by atoms with Crippen molar-refractivity contribution in [1.29, 1.82) is 0 Å². The number of hydrogen-bond donors (Lipinski definition) is 5. The molecule has 0 spiro atoms. The third-order valence-corrected chi connectivity index (χ3v) is 5.96. The first kappa shape index (κ1) is 17.6. The van der Waals surface area contributed by atoms with Crippen molar-refractivity contribution in [3.63, 3.8) is 0 Å². The van der Waals surface area contributed by atoms with Gasteiger partial charge in [-0.2, -0.15) is 0 Å². The highest BCUT2D eigenvalue weighted by Gasteiger charge is 2.42. The van der Waals surface area contributed by atoms with E-state index in [0.29, 0.717) is 27.4 Å². The average molecular weight is 393 g/mol. The quantitative estimate of drug-likeness (QED) is 0.429. The molecule has 136 valence electrons. The lowest BCUT2D eigenvalue weighted by Crippen LogP contribution is -2.35. The van der Waals surface area contributed by atoms with Gasteiger partial charge in [0.1, 0.15) is 17.1 Å². The molecule has 3 aromatic rings. The van der Waals surface area contributed by atoms with Gasteiger partial charge < -0.3 is 25.5 Å². The van der Waals surface area contributed by atoms with Crippen LogP contribution in [0.5, 0.6) is 0 Å². The minimum absolute atomic E-state index is 0.274. The Morgan fingerprint density at radius 1 is 1.15 bits per heavy atom. The van der Waals surface area contributed by atoms with Gasteiger partial charge in [-0.3, -0.25) is 4.79 Å². The molecule has 0 amide bonds. The second-order valence-corrected chi connectivity index (χ2v) is 7.73. The van der Waals surface area contributed by atoms with Crippen molar-refractivity contribution >= 4 is 34.4 Å². The number of aliphatic hydroxyl groups is 2. The molecule has 9 heteroatoms. The summed E-state index contributed by atoms with van der Waals surface area (Å²) in [5.74, 6) is 0.576. The van der Waals surface area contributed by atoms with Crippen LogP contribution in [0.3, 0.4) is 0 Å². The lowest BCUT2D eigenvalue weighted by molar-refractivity contribution is 0.0308. The molecule has 5 N–H and O–H groups in total. The van der Waals surface area contributed by atoms with Gasteiger partial charge in [0, 0.05) is 33.5 Å². The standard InChI is InChI=1S/C17H17ClN4O3S/c18-8-1-3-9(4-2-8)26-6-11-15(23)16(24)13(22-11)10-5-19-14-12(10)20-7-21-17(14)25/h1-5,7,11,13,15-16,19,22-24H,6H2,(H,20,21,25)/t11-,13+,15-,16+/m1/s1. The predicted octanol–water partition coefficient (Wildman–Crippen LogP) is 1.43. The Bertz CT molecular complexity index is 974. The van der Waals surface area contributed by atoms with Crippen LogP contribution in [0.1, 0.15) is 11.6 Å². The summed E-state index contributed by atoms with van der Waals surface area (Å²) < 4.78 is 0. The van der Waals surface area contributed by atoms with Crippen LogP contribution in [0.4, 0.5) is 0 Å². The lowest BCUT2D eigenvalue weighted by atomic mass is 10.0. The first-order chi connectivity index (χ1) is 12.5. The average Bonchev–Trinajstić information content (AvgIpc) is 3.18. The first-order valence-electron chi connectivity index (χ1n) is 8.10. The van der Waals surface area contributed by atoms with E-state index in [1.807, 2.05) is 24.3 Å². The highest BCUT2D eigenvalue weighted by atomic mass is 35.5. The van der Waals surface area contributed by atoms with E-state index in [9.17, 15) is 15.0 Å². The first-order valence-corrected chi connectivity index (χ1v) is 9.46. The molecular formula is C17H17ClN4O3S. The Morgan fingerprint density at radius 2 is 1.92 bits per heavy atom. The zero-order chi connectivity index (χ0) is 18.3. The van der Waals surface area contributed by atoms with E-state index in [0.717, 1.165) is 4.90 Å². The predicted molar refractivity (Wildman–Crippen MR) is 101 cm³/mol. The Kier molecular flexibility index (Phi) is 4.76. The van der Waals surface area contributed by atoms with Crippen molar-refractivity contribution in [2.24, 2.45) is 0 Å². The molecule has 0 radical (unpaired) electrons. The lowest BCUT2D eigenvalue weighted by Gasteiger charge is -2.15. The Labute approximate surface area is 157 Å². The van der Waals surface area contributed by atoms with E-state index in [2.05, 4.69) is 20.3 Å². The number of nitrogens with one attached hydrogen (secondary N) is 3. The second-order valence-electron chi connectivity index (χ2n) is 6.20. The maximum absolute atomic E-state index is 11.8. The summed E-state index contributed by atoms with van der Waals surface area (Å²) in [4.78, 5) is 22.4. The largest absolute Gasteiger partial charge is 0.389 e. The fraction of sp³-hybridized carbons (Fsp3) is 0.294. The number of hydrogen-bond acceptors (Lipinski definition) is 6. The zero-order valence-corrected chi connectivity index (χ0v) is 15.1. The number of benzene rings is 1. The summed E-state index contributed by atoms with van der Waals surface area (Å²) in [5, 5.41) is 24.9. The zero-order valence-electron chi connectivity index (χ0n) is 13.5. The maximum atomic E-state index is 11.8. The van der Waals surface area contributed by atoms with Crippen LogP contribution in [0.25, 0.3) is 11.0 Å². The molecule has 26 heavy (non-hydrogen) atoms. The van der Waals surface area contributed by atoms with Crippen molar-refractivity contribution in [2.75, 3.05) is 5.75 Å². The smallest absolute Gasteiger partial charge is 0.275 e. The molecule has 4 rings (SSSR count). The fourth-order valence-electron chi connectivity index (χ4n) is 3.21. The van der Waals surface area contributed by atoms with Gasteiger partial charge >= 0.3 is 0 Å². The Balaban J connectivity index is 1.53. The van der Waals surface area contributed by atoms with Gasteiger partial charge in [-0.25, -0.2) is 4.98 Å². The topological polar surface area (TPSA) is 114 Å². The number of halogens is 1. The number of aromatic nitrogens is 3. The minimum Gasteiger partial charge on any atom is -0.389 e. The van der Waals surface area contributed by atoms with E-state index in [1.165, 1.54) is 6.33 Å². The van der Waals surface area contributed by atoms with Gasteiger partial charge in [0.15, 0.2) is 0 Å². The van der Waals surface area contributed by atoms with Gasteiger partial charge in [-0.1, -0.05) is 11.6 Å². The van der Waals surface area contributed by atoms with Crippen molar-refractivity contribution in [2.45, 2.75) is 29.2 Å². The third-order valence-electron chi connectivity index (χ3n) is 4.57. The summed E-state index contributed by atoms with van der Waals surface area (Å²) in [5.41, 5.74) is 1.23. The second kappa shape index (κ2) is 7.05. The molecule has 0 unspecified atom stereocenters. The summed E-state index contributed by atoms with van der Waals surface area (Å²) in [6.45, 7) is 0. The van der Waals surface area contributed by atoms with Crippen LogP contribution < -0.4 is 10.9 Å². The number of nitrogens with zero attached hydrogens (tertiary/aromatic N) is 1. The Hall–Kier alpha value is -1.84. The molecule has 1 saturated heterocycles. The molecule has 0 aliphatic carbocycles. The molecular weight excluding hydrogens is 376 g/mol. The molecule has 7 nitrogen and oxygen atoms in total. The van der Waals surface area contributed by atoms with E-state index in [1.54, 1.807) is 18.0 Å². The molecule has 2 aromatic heterocycles. The molecule has 1 aliphatic heterocycles. The van der Waals surface area contributed by atoms with Gasteiger partial charge in [-0.15, -0.1) is 11.8 Å².